The first-order valence-electron chi connectivity index (χ1n) is 8.41. The number of aromatic nitrogens is 5. The molecule has 1 fully saturated rings. The van der Waals surface area contributed by atoms with Gasteiger partial charge in [-0.2, -0.15) is 0 Å². The molecule has 0 atom stereocenters. The van der Waals surface area contributed by atoms with Gasteiger partial charge in [0.1, 0.15) is 18.7 Å². The molecule has 1 aliphatic heterocycles. The van der Waals surface area contributed by atoms with Crippen LogP contribution < -0.4 is 10.1 Å². The van der Waals surface area contributed by atoms with Gasteiger partial charge in [0.05, 0.1) is 16.4 Å². The van der Waals surface area contributed by atoms with Gasteiger partial charge in [-0.05, 0) is 67.0 Å². The molecule has 0 unspecified atom stereocenters. The Kier molecular flexibility index (Phi) is 4.71. The van der Waals surface area contributed by atoms with Gasteiger partial charge in [-0.25, -0.2) is 9.67 Å². The van der Waals surface area contributed by atoms with Crippen LogP contribution in [0.5, 0.6) is 5.75 Å². The second-order valence-corrected chi connectivity index (χ2v) is 7.08. The van der Waals surface area contributed by atoms with Gasteiger partial charge in [0.15, 0.2) is 0 Å². The van der Waals surface area contributed by atoms with Crippen molar-refractivity contribution in [1.82, 2.24) is 30.5 Å². The monoisotopic (exact) mass is 356 g/mol. The number of ether oxygens (including phenoxy) is 1. The summed E-state index contributed by atoms with van der Waals surface area (Å²) in [5, 5.41) is 18.0. The molecule has 8 heteroatoms. The molecule has 0 radical (unpaired) electrons. The summed E-state index contributed by atoms with van der Waals surface area (Å²) >= 11 is 1.75. The molecule has 4 rings (SSSR count). The summed E-state index contributed by atoms with van der Waals surface area (Å²) in [6.45, 7) is 4.68. The van der Waals surface area contributed by atoms with E-state index in [4.69, 9.17) is 9.72 Å². The van der Waals surface area contributed by atoms with Crippen LogP contribution in [-0.4, -0.2) is 38.3 Å². The van der Waals surface area contributed by atoms with Crippen LogP contribution in [0.15, 0.2) is 29.9 Å². The Hall–Kier alpha value is -2.32. The van der Waals surface area contributed by atoms with Gasteiger partial charge in [-0.3, -0.25) is 0 Å². The molecule has 3 aromatic rings. The lowest BCUT2D eigenvalue weighted by atomic mass is 9.99. The minimum Gasteiger partial charge on any atom is -0.487 e. The largest absolute Gasteiger partial charge is 0.487 e. The van der Waals surface area contributed by atoms with Gasteiger partial charge < -0.3 is 10.1 Å². The van der Waals surface area contributed by atoms with Crippen LogP contribution in [0.4, 0.5) is 0 Å². The molecule has 0 aliphatic carbocycles. The van der Waals surface area contributed by atoms with E-state index in [1.807, 2.05) is 25.1 Å². The molecule has 1 aromatic carbocycles. The van der Waals surface area contributed by atoms with E-state index in [1.54, 1.807) is 22.3 Å². The van der Waals surface area contributed by atoms with Gasteiger partial charge in [-0.1, -0.05) is 0 Å². The highest BCUT2D eigenvalue weighted by atomic mass is 32.1. The number of benzene rings is 1. The van der Waals surface area contributed by atoms with E-state index < -0.39 is 0 Å². The summed E-state index contributed by atoms with van der Waals surface area (Å²) in [4.78, 5) is 4.77. The fraction of sp³-hybridized carbons (Fsp3) is 0.412. The first-order chi connectivity index (χ1) is 12.3. The summed E-state index contributed by atoms with van der Waals surface area (Å²) in [6, 6.07) is 5.90. The van der Waals surface area contributed by atoms with Crippen molar-refractivity contribution in [2.45, 2.75) is 32.3 Å². The predicted octanol–water partition coefficient (Wildman–Crippen LogP) is 2.47. The molecule has 25 heavy (non-hydrogen) atoms. The quantitative estimate of drug-likeness (QED) is 0.757. The molecular weight excluding hydrogens is 336 g/mol. The lowest BCUT2D eigenvalue weighted by Crippen LogP contribution is -2.26. The lowest BCUT2D eigenvalue weighted by molar-refractivity contribution is 0.299. The highest BCUT2D eigenvalue weighted by Crippen LogP contribution is 2.28. The maximum absolute atomic E-state index is 5.97. The molecule has 1 saturated heterocycles. The number of aryl methyl sites for hydroxylation is 1. The Morgan fingerprint density at radius 3 is 2.96 bits per heavy atom. The number of hydrogen-bond acceptors (Lipinski definition) is 7. The summed E-state index contributed by atoms with van der Waals surface area (Å²) in [6.07, 6.45) is 3.92. The van der Waals surface area contributed by atoms with Crippen molar-refractivity contribution in [1.29, 1.82) is 0 Å². The van der Waals surface area contributed by atoms with Crippen LogP contribution in [0.2, 0.25) is 0 Å². The third-order valence-corrected chi connectivity index (χ3v) is 5.46. The second-order valence-electron chi connectivity index (χ2n) is 6.19. The van der Waals surface area contributed by atoms with Crippen molar-refractivity contribution in [3.63, 3.8) is 0 Å². The van der Waals surface area contributed by atoms with E-state index in [9.17, 15) is 0 Å². The van der Waals surface area contributed by atoms with E-state index in [0.717, 1.165) is 35.8 Å². The number of rotatable bonds is 5. The van der Waals surface area contributed by atoms with Crippen LogP contribution >= 0.6 is 11.3 Å². The average Bonchev–Trinajstić information content (AvgIpc) is 3.33. The van der Waals surface area contributed by atoms with Crippen molar-refractivity contribution in [2.75, 3.05) is 13.1 Å². The third-order valence-electron chi connectivity index (χ3n) is 4.41. The van der Waals surface area contributed by atoms with Crippen molar-refractivity contribution in [3.05, 3.63) is 46.2 Å². The number of tetrazole rings is 1. The van der Waals surface area contributed by atoms with Gasteiger partial charge in [0.25, 0.3) is 0 Å². The number of nitrogens with one attached hydrogen (secondary N) is 1. The molecule has 0 saturated carbocycles. The molecule has 3 heterocycles. The molecule has 130 valence electrons. The average molecular weight is 356 g/mol. The van der Waals surface area contributed by atoms with Crippen molar-refractivity contribution in [3.8, 4) is 11.4 Å². The second kappa shape index (κ2) is 7.28. The summed E-state index contributed by atoms with van der Waals surface area (Å²) in [5.41, 5.74) is 2.96. The van der Waals surface area contributed by atoms with E-state index in [2.05, 4.69) is 26.2 Å². The normalized spacial score (nSPS) is 15.4. The Labute approximate surface area is 150 Å². The smallest absolute Gasteiger partial charge is 0.143 e. The van der Waals surface area contributed by atoms with Gasteiger partial charge in [0.2, 0.25) is 0 Å². The van der Waals surface area contributed by atoms with Gasteiger partial charge >= 0.3 is 0 Å². The molecule has 1 N–H and O–H groups in total. The summed E-state index contributed by atoms with van der Waals surface area (Å²) in [5.74, 6) is 1.45. The molecule has 2 aromatic heterocycles. The van der Waals surface area contributed by atoms with E-state index in [-0.39, 0.29) is 0 Å². The molecule has 0 bridgehead atoms. The van der Waals surface area contributed by atoms with Crippen molar-refractivity contribution >= 4 is 11.3 Å². The zero-order valence-electron chi connectivity index (χ0n) is 14.1. The van der Waals surface area contributed by atoms with Crippen LogP contribution in [0.25, 0.3) is 5.69 Å². The fourth-order valence-electron chi connectivity index (χ4n) is 3.01. The zero-order chi connectivity index (χ0) is 17.1. The van der Waals surface area contributed by atoms with Gasteiger partial charge in [0, 0.05) is 11.3 Å². The fourth-order valence-corrected chi connectivity index (χ4v) is 3.99. The Morgan fingerprint density at radius 1 is 1.32 bits per heavy atom. The number of nitrogens with zero attached hydrogens (tertiary/aromatic N) is 5. The molecular formula is C17H20N6OS. The minimum absolute atomic E-state index is 0.493. The number of piperidine rings is 1. The topological polar surface area (TPSA) is 77.8 Å². The number of thiazole rings is 1. The van der Waals surface area contributed by atoms with Crippen LogP contribution in [0.3, 0.4) is 0 Å². The molecule has 7 nitrogen and oxygen atoms in total. The Bertz CT molecular complexity index is 826. The first-order valence-corrected chi connectivity index (χ1v) is 9.29. The number of hydrogen-bond donors (Lipinski definition) is 1. The molecule has 1 aliphatic rings. The van der Waals surface area contributed by atoms with Crippen molar-refractivity contribution in [2.24, 2.45) is 0 Å². The lowest BCUT2D eigenvalue weighted by Gasteiger charge is -2.20. The van der Waals surface area contributed by atoms with Crippen molar-refractivity contribution < 1.29 is 4.74 Å². The molecule has 0 spiro atoms. The Morgan fingerprint density at radius 2 is 2.20 bits per heavy atom. The summed E-state index contributed by atoms with van der Waals surface area (Å²) in [7, 11) is 0. The van der Waals surface area contributed by atoms with E-state index in [0.29, 0.717) is 12.5 Å². The third kappa shape index (κ3) is 3.69. The highest BCUT2D eigenvalue weighted by molar-refractivity contribution is 7.09. The highest BCUT2D eigenvalue weighted by Gasteiger charge is 2.18. The molecule has 0 amide bonds. The maximum atomic E-state index is 5.97. The Balaban J connectivity index is 1.40. The standard InChI is InChI=1S/C17H20N6OS/c1-12-8-15(23-11-19-21-22-23)2-3-16(12)24-9-14-10-25-17(20-14)13-4-6-18-7-5-13/h2-3,8,10-11,13,18H,4-7,9H2,1H3. The van der Waals surface area contributed by atoms with Crippen LogP contribution in [0.1, 0.15) is 35.0 Å². The first kappa shape index (κ1) is 16.2. The van der Waals surface area contributed by atoms with E-state index in [1.165, 1.54) is 17.8 Å². The van der Waals surface area contributed by atoms with Gasteiger partial charge in [-0.15, -0.1) is 16.4 Å². The SMILES string of the molecule is Cc1cc(-n2cnnn2)ccc1OCc1csc(C2CCNCC2)n1. The van der Waals surface area contributed by atoms with E-state index >= 15 is 0 Å². The maximum Gasteiger partial charge on any atom is 0.143 e. The minimum atomic E-state index is 0.493. The zero-order valence-corrected chi connectivity index (χ0v) is 14.9. The van der Waals surface area contributed by atoms with Crippen LogP contribution in [0, 0.1) is 6.92 Å². The predicted molar refractivity (Wildman–Crippen MR) is 95.2 cm³/mol. The van der Waals surface area contributed by atoms with Crippen LogP contribution in [-0.2, 0) is 6.61 Å². The summed E-state index contributed by atoms with van der Waals surface area (Å²) < 4.78 is 7.59.